The number of nitrogens with zero attached hydrogens (tertiary/aromatic N) is 3. The highest BCUT2D eigenvalue weighted by Gasteiger charge is 2.14. The maximum absolute atomic E-state index is 3.96. The first kappa shape index (κ1) is 11.3. The third kappa shape index (κ3) is 2.10. The Bertz CT molecular complexity index is 559. The first-order chi connectivity index (χ1) is 8.72. The molecule has 4 nitrogen and oxygen atoms in total. The fourth-order valence-corrected chi connectivity index (χ4v) is 2.49. The third-order valence-corrected chi connectivity index (χ3v) is 3.61. The normalized spacial score (nSPS) is 18.2. The molecule has 0 spiro atoms. The molecule has 1 aliphatic heterocycles. The van der Waals surface area contributed by atoms with Crippen LogP contribution in [0.15, 0.2) is 24.4 Å². The number of fused-ring (bicyclic) bond motifs is 1. The van der Waals surface area contributed by atoms with E-state index in [1.807, 2.05) is 17.9 Å². The smallest absolute Gasteiger partial charge is 0.0728 e. The van der Waals surface area contributed by atoms with Crippen molar-refractivity contribution in [1.29, 1.82) is 0 Å². The lowest BCUT2D eigenvalue weighted by atomic mass is 9.96. The first-order valence-electron chi connectivity index (χ1n) is 6.44. The Morgan fingerprint density at radius 2 is 2.33 bits per heavy atom. The molecule has 1 unspecified atom stereocenters. The van der Waals surface area contributed by atoms with Crippen LogP contribution in [0.5, 0.6) is 0 Å². The average Bonchev–Trinajstić information content (AvgIpc) is 2.75. The predicted octanol–water partition coefficient (Wildman–Crippen LogP) is 2.15. The Hall–Kier alpha value is -1.84. The van der Waals surface area contributed by atoms with Crippen LogP contribution in [0.4, 0.5) is 5.69 Å². The highest BCUT2D eigenvalue weighted by Crippen LogP contribution is 2.26. The molecule has 1 atom stereocenters. The molecule has 0 fully saturated rings. The second-order valence-electron chi connectivity index (χ2n) is 5.10. The summed E-state index contributed by atoms with van der Waals surface area (Å²) in [7, 11) is 1.93. The van der Waals surface area contributed by atoms with Crippen molar-refractivity contribution in [3.63, 3.8) is 0 Å². The second-order valence-corrected chi connectivity index (χ2v) is 5.10. The number of benzene rings is 1. The molecule has 0 bridgehead atoms. The molecular weight excluding hydrogens is 224 g/mol. The van der Waals surface area contributed by atoms with E-state index in [0.29, 0.717) is 6.04 Å². The van der Waals surface area contributed by atoms with Crippen LogP contribution in [-0.2, 0) is 19.9 Å². The van der Waals surface area contributed by atoms with Gasteiger partial charge in [0, 0.05) is 25.2 Å². The molecule has 0 aliphatic carbocycles. The van der Waals surface area contributed by atoms with Crippen LogP contribution in [0.2, 0.25) is 0 Å². The molecule has 0 radical (unpaired) electrons. The van der Waals surface area contributed by atoms with Crippen LogP contribution in [0.25, 0.3) is 0 Å². The van der Waals surface area contributed by atoms with Crippen molar-refractivity contribution in [1.82, 2.24) is 15.0 Å². The summed E-state index contributed by atoms with van der Waals surface area (Å²) in [4.78, 5) is 0. The maximum Gasteiger partial charge on any atom is 0.0728 e. The van der Waals surface area contributed by atoms with Crippen molar-refractivity contribution in [2.24, 2.45) is 7.05 Å². The van der Waals surface area contributed by atoms with Crippen molar-refractivity contribution in [2.45, 2.75) is 32.2 Å². The summed E-state index contributed by atoms with van der Waals surface area (Å²) in [5.74, 6) is 0. The Balaban J connectivity index is 1.84. The molecule has 0 saturated carbocycles. The molecule has 18 heavy (non-hydrogen) atoms. The minimum Gasteiger partial charge on any atom is -0.382 e. The zero-order valence-electron chi connectivity index (χ0n) is 10.8. The second kappa shape index (κ2) is 4.44. The zero-order chi connectivity index (χ0) is 12.5. The molecule has 2 aromatic rings. The van der Waals surface area contributed by atoms with E-state index >= 15 is 0 Å². The van der Waals surface area contributed by atoms with Gasteiger partial charge in [0.2, 0.25) is 0 Å². The maximum atomic E-state index is 3.96. The van der Waals surface area contributed by atoms with Crippen LogP contribution >= 0.6 is 0 Å². The van der Waals surface area contributed by atoms with Gasteiger partial charge < -0.3 is 5.32 Å². The summed E-state index contributed by atoms with van der Waals surface area (Å²) >= 11 is 0. The van der Waals surface area contributed by atoms with Crippen molar-refractivity contribution in [3.05, 3.63) is 41.2 Å². The Labute approximate surface area is 107 Å². The Kier molecular flexibility index (Phi) is 2.78. The molecule has 0 saturated heterocycles. The molecule has 4 heteroatoms. The molecule has 1 N–H and O–H groups in total. The molecule has 1 aromatic heterocycles. The number of anilines is 1. The average molecular weight is 242 g/mol. The van der Waals surface area contributed by atoms with Crippen LogP contribution in [0, 0.1) is 0 Å². The number of hydrogen-bond donors (Lipinski definition) is 1. The van der Waals surface area contributed by atoms with Crippen molar-refractivity contribution in [3.8, 4) is 0 Å². The van der Waals surface area contributed by atoms with Gasteiger partial charge in [-0.25, -0.2) is 0 Å². The topological polar surface area (TPSA) is 42.7 Å². The van der Waals surface area contributed by atoms with Gasteiger partial charge in [0.25, 0.3) is 0 Å². The number of nitrogens with one attached hydrogen (secondary N) is 1. The fourth-order valence-electron chi connectivity index (χ4n) is 2.49. The minimum atomic E-state index is 0.588. The standard InChI is InChI=1S/C14H18N4/c1-10-3-5-12-7-11(4-6-14(12)16-10)8-13-9-15-17-18(13)2/h4,6-7,9-10,16H,3,5,8H2,1-2H3. The van der Waals surface area contributed by atoms with Crippen molar-refractivity contribution < 1.29 is 0 Å². The van der Waals surface area contributed by atoms with E-state index in [1.54, 1.807) is 0 Å². The number of aromatic nitrogens is 3. The van der Waals surface area contributed by atoms with Crippen molar-refractivity contribution >= 4 is 5.69 Å². The summed E-state index contributed by atoms with van der Waals surface area (Å²) in [5, 5.41) is 11.4. The van der Waals surface area contributed by atoms with E-state index in [1.165, 1.54) is 29.7 Å². The van der Waals surface area contributed by atoms with Gasteiger partial charge in [-0.05, 0) is 37.0 Å². The Morgan fingerprint density at radius 1 is 1.44 bits per heavy atom. The highest BCUT2D eigenvalue weighted by atomic mass is 15.4. The van der Waals surface area contributed by atoms with E-state index < -0.39 is 0 Å². The van der Waals surface area contributed by atoms with Gasteiger partial charge >= 0.3 is 0 Å². The summed E-state index contributed by atoms with van der Waals surface area (Å²) in [6.07, 6.45) is 5.11. The quantitative estimate of drug-likeness (QED) is 0.877. The minimum absolute atomic E-state index is 0.588. The predicted molar refractivity (Wildman–Crippen MR) is 71.7 cm³/mol. The summed E-state index contributed by atoms with van der Waals surface area (Å²) in [5.41, 5.74) is 5.20. The van der Waals surface area contributed by atoms with Crippen LogP contribution in [0.3, 0.4) is 0 Å². The molecular formula is C14H18N4. The Morgan fingerprint density at radius 3 is 3.11 bits per heavy atom. The van der Waals surface area contributed by atoms with Crippen LogP contribution < -0.4 is 5.32 Å². The van der Waals surface area contributed by atoms with Gasteiger partial charge in [-0.3, -0.25) is 4.68 Å². The highest BCUT2D eigenvalue weighted by molar-refractivity contribution is 5.55. The van der Waals surface area contributed by atoms with Crippen LogP contribution in [0.1, 0.15) is 30.2 Å². The zero-order valence-corrected chi connectivity index (χ0v) is 10.8. The SMILES string of the molecule is CC1CCc2cc(Cc3cnnn3C)ccc2N1. The van der Waals surface area contributed by atoms with Gasteiger partial charge in [-0.2, -0.15) is 0 Å². The number of aryl methyl sites for hydroxylation is 2. The molecule has 2 heterocycles. The molecule has 94 valence electrons. The van der Waals surface area contributed by atoms with Gasteiger partial charge in [-0.15, -0.1) is 5.10 Å². The molecule has 1 aromatic carbocycles. The fraction of sp³-hybridized carbons (Fsp3) is 0.429. The van der Waals surface area contributed by atoms with Crippen LogP contribution in [-0.4, -0.2) is 21.0 Å². The first-order valence-corrected chi connectivity index (χ1v) is 6.44. The lowest BCUT2D eigenvalue weighted by molar-refractivity contribution is 0.677. The lowest BCUT2D eigenvalue weighted by Crippen LogP contribution is -2.21. The largest absolute Gasteiger partial charge is 0.382 e. The summed E-state index contributed by atoms with van der Waals surface area (Å²) in [6.45, 7) is 2.23. The van der Waals surface area contributed by atoms with E-state index in [0.717, 1.165) is 12.1 Å². The summed E-state index contributed by atoms with van der Waals surface area (Å²) < 4.78 is 1.83. The van der Waals surface area contributed by atoms with Gasteiger partial charge in [-0.1, -0.05) is 17.3 Å². The third-order valence-electron chi connectivity index (χ3n) is 3.61. The monoisotopic (exact) mass is 242 g/mol. The van der Waals surface area contributed by atoms with E-state index in [4.69, 9.17) is 0 Å². The van der Waals surface area contributed by atoms with E-state index in [9.17, 15) is 0 Å². The lowest BCUT2D eigenvalue weighted by Gasteiger charge is -2.24. The van der Waals surface area contributed by atoms with Gasteiger partial charge in [0.1, 0.15) is 0 Å². The van der Waals surface area contributed by atoms with E-state index in [-0.39, 0.29) is 0 Å². The molecule has 0 amide bonds. The number of rotatable bonds is 2. The molecule has 3 rings (SSSR count). The van der Waals surface area contributed by atoms with Gasteiger partial charge in [0.15, 0.2) is 0 Å². The van der Waals surface area contributed by atoms with Gasteiger partial charge in [0.05, 0.1) is 11.9 Å². The summed E-state index contributed by atoms with van der Waals surface area (Å²) in [6, 6.07) is 7.28. The molecule has 1 aliphatic rings. The van der Waals surface area contributed by atoms with E-state index in [2.05, 4.69) is 40.8 Å². The number of hydrogen-bond acceptors (Lipinski definition) is 3. The van der Waals surface area contributed by atoms with Crippen molar-refractivity contribution in [2.75, 3.05) is 5.32 Å².